The number of aliphatic hydroxyl groups excluding tert-OH is 1. The van der Waals surface area contributed by atoms with Crippen molar-refractivity contribution < 1.29 is 10.0 Å². The molecule has 130 valence electrons. The lowest BCUT2D eigenvalue weighted by Gasteiger charge is -2.17. The Hall–Kier alpha value is -2.21. The van der Waals surface area contributed by atoms with Gasteiger partial charge in [-0.15, -0.1) is 0 Å². The molecule has 2 atom stereocenters. The van der Waals surface area contributed by atoms with E-state index in [4.69, 9.17) is 11.6 Å². The maximum atomic E-state index is 10.9. The number of halogens is 1. The zero-order valence-corrected chi connectivity index (χ0v) is 14.3. The van der Waals surface area contributed by atoms with Crippen LogP contribution in [0.25, 0.3) is 6.08 Å². The van der Waals surface area contributed by atoms with Crippen LogP contribution in [-0.4, -0.2) is 22.6 Å². The SMILES string of the molecule is O=[N+]([O-])c1ccc2c(c1)C=CC(NC[C@H](O)c1cccc(Cl)c1)CC2. The van der Waals surface area contributed by atoms with Gasteiger partial charge in [0.05, 0.1) is 11.0 Å². The van der Waals surface area contributed by atoms with E-state index in [2.05, 4.69) is 5.32 Å². The monoisotopic (exact) mass is 358 g/mol. The predicted molar refractivity (Wildman–Crippen MR) is 98.7 cm³/mol. The first kappa shape index (κ1) is 17.6. The Balaban J connectivity index is 1.63. The summed E-state index contributed by atoms with van der Waals surface area (Å²) in [6.45, 7) is 0.409. The van der Waals surface area contributed by atoms with Crippen molar-refractivity contribution in [3.63, 3.8) is 0 Å². The van der Waals surface area contributed by atoms with Crippen LogP contribution in [0.2, 0.25) is 5.02 Å². The largest absolute Gasteiger partial charge is 0.387 e. The van der Waals surface area contributed by atoms with Crippen LogP contribution in [-0.2, 0) is 6.42 Å². The molecule has 0 saturated carbocycles. The number of nitrogens with one attached hydrogen (secondary N) is 1. The first-order chi connectivity index (χ1) is 12.0. The number of non-ortho nitro benzene ring substituents is 1. The van der Waals surface area contributed by atoms with E-state index in [1.165, 1.54) is 0 Å². The Kier molecular flexibility index (Phi) is 5.48. The Morgan fingerprint density at radius 2 is 2.16 bits per heavy atom. The minimum absolute atomic E-state index is 0.0975. The van der Waals surface area contributed by atoms with Gasteiger partial charge in [-0.1, -0.05) is 42.0 Å². The first-order valence-electron chi connectivity index (χ1n) is 8.15. The molecule has 3 rings (SSSR count). The second kappa shape index (κ2) is 7.78. The van der Waals surface area contributed by atoms with Crippen LogP contribution >= 0.6 is 11.6 Å². The Bertz CT molecular complexity index is 807. The van der Waals surface area contributed by atoms with Crippen molar-refractivity contribution in [3.8, 4) is 0 Å². The Morgan fingerprint density at radius 1 is 1.32 bits per heavy atom. The molecule has 5 nitrogen and oxygen atoms in total. The van der Waals surface area contributed by atoms with E-state index < -0.39 is 6.10 Å². The topological polar surface area (TPSA) is 75.4 Å². The van der Waals surface area contributed by atoms with Gasteiger partial charge in [-0.3, -0.25) is 10.1 Å². The van der Waals surface area contributed by atoms with Gasteiger partial charge in [0.1, 0.15) is 0 Å². The highest BCUT2D eigenvalue weighted by atomic mass is 35.5. The van der Waals surface area contributed by atoms with Crippen molar-refractivity contribution in [2.45, 2.75) is 25.0 Å². The number of rotatable bonds is 5. The summed E-state index contributed by atoms with van der Waals surface area (Å²) in [7, 11) is 0. The molecule has 25 heavy (non-hydrogen) atoms. The number of nitro groups is 1. The van der Waals surface area contributed by atoms with Crippen LogP contribution in [0.4, 0.5) is 5.69 Å². The van der Waals surface area contributed by atoms with Gasteiger partial charge >= 0.3 is 0 Å². The molecular weight excluding hydrogens is 340 g/mol. The standard InChI is InChI=1S/C19H19ClN2O3/c20-16-3-1-2-15(10-16)19(23)12-21-17-7-4-13-6-9-18(22(24)25)11-14(13)5-8-17/h1-3,5-6,8-11,17,19,21,23H,4,7,12H2/t17?,19-/m0/s1. The molecule has 0 heterocycles. The van der Waals surface area contributed by atoms with Crippen LogP contribution in [0.15, 0.2) is 48.5 Å². The summed E-state index contributed by atoms with van der Waals surface area (Å²) in [5, 5.41) is 25.1. The number of nitrogens with zero attached hydrogens (tertiary/aromatic N) is 1. The molecule has 2 N–H and O–H groups in total. The van der Waals surface area contributed by atoms with Crippen molar-refractivity contribution in [3.05, 3.63) is 80.4 Å². The number of nitro benzene ring substituents is 1. The highest BCUT2D eigenvalue weighted by Gasteiger charge is 2.16. The fraction of sp³-hybridized carbons (Fsp3) is 0.263. The molecule has 1 aliphatic rings. The van der Waals surface area contributed by atoms with Crippen molar-refractivity contribution >= 4 is 23.4 Å². The average Bonchev–Trinajstić information content (AvgIpc) is 2.81. The van der Waals surface area contributed by atoms with Crippen LogP contribution in [0.1, 0.15) is 29.2 Å². The van der Waals surface area contributed by atoms with Crippen molar-refractivity contribution in [2.24, 2.45) is 0 Å². The van der Waals surface area contributed by atoms with Gasteiger partial charge in [0, 0.05) is 29.7 Å². The van der Waals surface area contributed by atoms with Gasteiger partial charge in [0.25, 0.3) is 5.69 Å². The number of hydrogen-bond donors (Lipinski definition) is 2. The summed E-state index contributed by atoms with van der Waals surface area (Å²) in [6, 6.07) is 12.3. The van der Waals surface area contributed by atoms with Crippen LogP contribution < -0.4 is 5.32 Å². The molecule has 2 aromatic rings. The first-order valence-corrected chi connectivity index (χ1v) is 8.53. The lowest BCUT2D eigenvalue weighted by molar-refractivity contribution is -0.384. The van der Waals surface area contributed by atoms with E-state index in [1.807, 2.05) is 30.4 Å². The molecule has 0 saturated heterocycles. The van der Waals surface area contributed by atoms with Crippen molar-refractivity contribution in [2.75, 3.05) is 6.54 Å². The van der Waals surface area contributed by atoms with E-state index >= 15 is 0 Å². The molecule has 0 fully saturated rings. The van der Waals surface area contributed by atoms with Gasteiger partial charge in [0.15, 0.2) is 0 Å². The van der Waals surface area contributed by atoms with Crippen molar-refractivity contribution in [1.82, 2.24) is 5.32 Å². The summed E-state index contributed by atoms with van der Waals surface area (Å²) in [6.07, 6.45) is 4.97. The van der Waals surface area contributed by atoms with Crippen LogP contribution in [0.3, 0.4) is 0 Å². The van der Waals surface area contributed by atoms with E-state index in [1.54, 1.807) is 24.3 Å². The molecule has 0 aromatic heterocycles. The van der Waals surface area contributed by atoms with Gasteiger partial charge in [-0.2, -0.15) is 0 Å². The van der Waals surface area contributed by atoms with Crippen molar-refractivity contribution in [1.29, 1.82) is 0 Å². The summed E-state index contributed by atoms with van der Waals surface area (Å²) in [4.78, 5) is 10.5. The molecule has 0 bridgehead atoms. The summed E-state index contributed by atoms with van der Waals surface area (Å²) in [5.41, 5.74) is 2.86. The van der Waals surface area contributed by atoms with Gasteiger partial charge in [-0.05, 0) is 41.7 Å². The summed E-state index contributed by atoms with van der Waals surface area (Å²) < 4.78 is 0. The number of fused-ring (bicyclic) bond motifs is 1. The lowest BCUT2D eigenvalue weighted by atomic mass is 10.0. The van der Waals surface area contributed by atoms with Gasteiger partial charge < -0.3 is 10.4 Å². The minimum atomic E-state index is -0.640. The zero-order valence-electron chi connectivity index (χ0n) is 13.6. The minimum Gasteiger partial charge on any atom is -0.387 e. The molecule has 0 radical (unpaired) electrons. The maximum absolute atomic E-state index is 10.9. The second-order valence-corrected chi connectivity index (χ2v) is 6.56. The highest BCUT2D eigenvalue weighted by molar-refractivity contribution is 6.30. The molecule has 6 heteroatoms. The smallest absolute Gasteiger partial charge is 0.270 e. The lowest BCUT2D eigenvalue weighted by Crippen LogP contribution is -2.31. The molecule has 1 unspecified atom stereocenters. The third-order valence-electron chi connectivity index (χ3n) is 4.38. The van der Waals surface area contributed by atoms with E-state index in [0.29, 0.717) is 11.6 Å². The third kappa shape index (κ3) is 4.45. The van der Waals surface area contributed by atoms with E-state index in [-0.39, 0.29) is 16.7 Å². The molecule has 2 aromatic carbocycles. The Labute approximate surface area is 151 Å². The average molecular weight is 359 g/mol. The van der Waals surface area contributed by atoms with E-state index in [9.17, 15) is 15.2 Å². The quantitative estimate of drug-likeness (QED) is 0.628. The molecule has 0 aliphatic heterocycles. The Morgan fingerprint density at radius 3 is 2.92 bits per heavy atom. The second-order valence-electron chi connectivity index (χ2n) is 6.12. The molecule has 0 spiro atoms. The fourth-order valence-corrected chi connectivity index (χ4v) is 3.17. The highest BCUT2D eigenvalue weighted by Crippen LogP contribution is 2.24. The maximum Gasteiger partial charge on any atom is 0.270 e. The third-order valence-corrected chi connectivity index (χ3v) is 4.61. The summed E-state index contributed by atoms with van der Waals surface area (Å²) in [5.74, 6) is 0. The summed E-state index contributed by atoms with van der Waals surface area (Å²) >= 11 is 5.96. The van der Waals surface area contributed by atoms with Gasteiger partial charge in [-0.25, -0.2) is 0 Å². The number of aryl methyl sites for hydroxylation is 1. The molecule has 0 amide bonds. The normalized spacial score (nSPS) is 17.6. The fourth-order valence-electron chi connectivity index (χ4n) is 2.97. The molecular formula is C19H19ClN2O3. The molecule has 1 aliphatic carbocycles. The van der Waals surface area contributed by atoms with Crippen LogP contribution in [0, 0.1) is 10.1 Å². The number of aliphatic hydroxyl groups is 1. The number of hydrogen-bond acceptors (Lipinski definition) is 4. The number of benzene rings is 2. The van der Waals surface area contributed by atoms with E-state index in [0.717, 1.165) is 29.5 Å². The zero-order chi connectivity index (χ0) is 17.8. The predicted octanol–water partition coefficient (Wildman–Crippen LogP) is 3.90. The van der Waals surface area contributed by atoms with Gasteiger partial charge in [0.2, 0.25) is 0 Å². The van der Waals surface area contributed by atoms with Crippen LogP contribution in [0.5, 0.6) is 0 Å².